The van der Waals surface area contributed by atoms with Crippen LogP contribution in [0.15, 0.2) is 12.1 Å². The van der Waals surface area contributed by atoms with Gasteiger partial charge < -0.3 is 19.9 Å². The molecule has 1 aromatic heterocycles. The van der Waals surface area contributed by atoms with E-state index in [1.807, 2.05) is 24.0 Å². The zero-order chi connectivity index (χ0) is 19.9. The minimum Gasteiger partial charge on any atom is -0.375 e. The van der Waals surface area contributed by atoms with Gasteiger partial charge in [-0.15, -0.1) is 0 Å². The summed E-state index contributed by atoms with van der Waals surface area (Å²) >= 11 is 0. The van der Waals surface area contributed by atoms with Gasteiger partial charge in [0.1, 0.15) is 6.61 Å². The fraction of sp³-hybridized carbons (Fsp3) is 0.667. The quantitative estimate of drug-likeness (QED) is 0.767. The van der Waals surface area contributed by atoms with Crippen molar-refractivity contribution < 1.29 is 14.3 Å². The molecule has 3 rings (SSSR count). The Hall–Kier alpha value is -1.99. The van der Waals surface area contributed by atoms with Gasteiger partial charge in [0.05, 0.1) is 11.3 Å². The Morgan fingerprint density at radius 1 is 1.18 bits per heavy atom. The van der Waals surface area contributed by atoms with Gasteiger partial charge in [-0.25, -0.2) is 0 Å². The van der Waals surface area contributed by atoms with Crippen molar-refractivity contribution in [2.45, 2.75) is 38.5 Å². The van der Waals surface area contributed by atoms with Crippen molar-refractivity contribution in [1.29, 1.82) is 0 Å². The van der Waals surface area contributed by atoms with Crippen molar-refractivity contribution in [3.05, 3.63) is 29.1 Å². The van der Waals surface area contributed by atoms with Gasteiger partial charge in [0, 0.05) is 44.9 Å². The van der Waals surface area contributed by atoms with E-state index in [9.17, 15) is 9.59 Å². The van der Waals surface area contributed by atoms with Crippen molar-refractivity contribution in [2.75, 3.05) is 53.0 Å². The zero-order valence-electron chi connectivity index (χ0n) is 17.1. The molecule has 0 spiro atoms. The second-order valence-corrected chi connectivity index (χ2v) is 7.78. The predicted molar refractivity (Wildman–Crippen MR) is 107 cm³/mol. The molecule has 3 heterocycles. The largest absolute Gasteiger partial charge is 0.375 e. The Bertz CT molecular complexity index is 680. The van der Waals surface area contributed by atoms with Gasteiger partial charge >= 0.3 is 0 Å². The maximum Gasteiger partial charge on any atom is 0.253 e. The molecule has 2 aliphatic heterocycles. The minimum absolute atomic E-state index is 0.0260. The van der Waals surface area contributed by atoms with E-state index in [1.165, 1.54) is 20.0 Å². The summed E-state index contributed by atoms with van der Waals surface area (Å²) in [5.74, 6) is 0.184. The number of rotatable bonds is 7. The van der Waals surface area contributed by atoms with Crippen molar-refractivity contribution in [3.8, 4) is 0 Å². The molecular formula is C21H32N4O3. The van der Waals surface area contributed by atoms with Gasteiger partial charge in [0.15, 0.2) is 0 Å². The van der Waals surface area contributed by atoms with E-state index in [2.05, 4.69) is 10.2 Å². The van der Waals surface area contributed by atoms with E-state index in [-0.39, 0.29) is 24.3 Å². The molecular weight excluding hydrogens is 356 g/mol. The third kappa shape index (κ3) is 5.29. The molecule has 0 saturated carbocycles. The third-order valence-corrected chi connectivity index (χ3v) is 5.72. The van der Waals surface area contributed by atoms with Crippen LogP contribution in [0.3, 0.4) is 0 Å². The number of nitrogens with zero attached hydrogens (tertiary/aromatic N) is 3. The first kappa shape index (κ1) is 20.7. The van der Waals surface area contributed by atoms with Gasteiger partial charge in [0.2, 0.25) is 5.91 Å². The molecule has 1 aromatic rings. The van der Waals surface area contributed by atoms with Crippen LogP contribution in [0.5, 0.6) is 0 Å². The first-order valence-electron chi connectivity index (χ1n) is 10.3. The van der Waals surface area contributed by atoms with Crippen LogP contribution in [0.1, 0.15) is 53.3 Å². The van der Waals surface area contributed by atoms with E-state index in [1.54, 1.807) is 0 Å². The van der Waals surface area contributed by atoms with Crippen LogP contribution in [-0.4, -0.2) is 79.6 Å². The second kappa shape index (κ2) is 9.98. The maximum atomic E-state index is 12.8. The van der Waals surface area contributed by atoms with Crippen LogP contribution in [0.4, 0.5) is 0 Å². The van der Waals surface area contributed by atoms with Crippen LogP contribution >= 0.6 is 0 Å². The summed E-state index contributed by atoms with van der Waals surface area (Å²) in [5.41, 5.74) is 2.47. The fourth-order valence-corrected chi connectivity index (χ4v) is 4.13. The monoisotopic (exact) mass is 388 g/mol. The highest BCUT2D eigenvalue weighted by Crippen LogP contribution is 2.29. The molecule has 0 unspecified atom stereocenters. The van der Waals surface area contributed by atoms with Gasteiger partial charge in [0.25, 0.3) is 5.91 Å². The number of methoxy groups -OCH3 is 1. The lowest BCUT2D eigenvalue weighted by Gasteiger charge is -2.32. The average Bonchev–Trinajstić information content (AvgIpc) is 3.21. The van der Waals surface area contributed by atoms with Crippen LogP contribution < -0.4 is 5.32 Å². The van der Waals surface area contributed by atoms with Crippen LogP contribution in [0, 0.1) is 6.92 Å². The Labute approximate surface area is 167 Å². The van der Waals surface area contributed by atoms with Gasteiger partial charge in [-0.2, -0.15) is 0 Å². The standard InChI is InChI=1S/C21H32N4O3/c1-16-5-6-18(21(27)22-9-14-24-10-3-4-11-24)20(23-16)17-7-12-25(13-8-17)19(26)15-28-2/h5-6,17H,3-4,7-15H2,1-2H3,(H,22,27). The highest BCUT2D eigenvalue weighted by Gasteiger charge is 2.27. The van der Waals surface area contributed by atoms with Crippen molar-refractivity contribution in [3.63, 3.8) is 0 Å². The lowest BCUT2D eigenvalue weighted by atomic mass is 9.89. The Morgan fingerprint density at radius 3 is 2.57 bits per heavy atom. The number of hydrogen-bond donors (Lipinski definition) is 1. The lowest BCUT2D eigenvalue weighted by Crippen LogP contribution is -2.40. The lowest BCUT2D eigenvalue weighted by molar-refractivity contribution is -0.136. The molecule has 0 radical (unpaired) electrons. The number of likely N-dealkylation sites (tertiary alicyclic amines) is 2. The summed E-state index contributed by atoms with van der Waals surface area (Å²) in [6.45, 7) is 7.27. The summed E-state index contributed by atoms with van der Waals surface area (Å²) < 4.78 is 4.95. The highest BCUT2D eigenvalue weighted by atomic mass is 16.5. The first-order chi connectivity index (χ1) is 13.6. The molecule has 0 atom stereocenters. The van der Waals surface area contributed by atoms with Crippen molar-refractivity contribution in [1.82, 2.24) is 20.1 Å². The summed E-state index contributed by atoms with van der Waals surface area (Å²) in [4.78, 5) is 33.8. The molecule has 2 saturated heterocycles. The minimum atomic E-state index is -0.0421. The Balaban J connectivity index is 1.60. The summed E-state index contributed by atoms with van der Waals surface area (Å²) in [5, 5.41) is 3.07. The van der Waals surface area contributed by atoms with Crippen molar-refractivity contribution >= 4 is 11.8 Å². The van der Waals surface area contributed by atoms with Crippen LogP contribution in [0.2, 0.25) is 0 Å². The number of carbonyl (C=O) groups is 2. The molecule has 7 nitrogen and oxygen atoms in total. The third-order valence-electron chi connectivity index (χ3n) is 5.72. The van der Waals surface area contributed by atoms with Gasteiger partial charge in [-0.1, -0.05) is 0 Å². The second-order valence-electron chi connectivity index (χ2n) is 7.78. The predicted octanol–water partition coefficient (Wildman–Crippen LogP) is 1.57. The molecule has 2 fully saturated rings. The fourth-order valence-electron chi connectivity index (χ4n) is 4.13. The van der Waals surface area contributed by atoms with Gasteiger partial charge in [-0.05, 0) is 57.8 Å². The van der Waals surface area contributed by atoms with E-state index in [4.69, 9.17) is 9.72 Å². The van der Waals surface area contributed by atoms with E-state index in [0.29, 0.717) is 25.2 Å². The normalized spacial score (nSPS) is 18.4. The molecule has 154 valence electrons. The topological polar surface area (TPSA) is 74.8 Å². The number of amides is 2. The van der Waals surface area contributed by atoms with Gasteiger partial charge in [-0.3, -0.25) is 14.6 Å². The number of hydrogen-bond acceptors (Lipinski definition) is 5. The Kier molecular flexibility index (Phi) is 7.39. The molecule has 0 aromatic carbocycles. The molecule has 28 heavy (non-hydrogen) atoms. The molecule has 0 aliphatic carbocycles. The highest BCUT2D eigenvalue weighted by molar-refractivity contribution is 5.95. The molecule has 0 bridgehead atoms. The van der Waals surface area contributed by atoms with E-state index in [0.717, 1.165) is 43.9 Å². The zero-order valence-corrected chi connectivity index (χ0v) is 17.1. The van der Waals surface area contributed by atoms with E-state index >= 15 is 0 Å². The molecule has 7 heteroatoms. The van der Waals surface area contributed by atoms with Crippen LogP contribution in [-0.2, 0) is 9.53 Å². The number of ether oxygens (including phenoxy) is 1. The molecule has 2 aliphatic rings. The smallest absolute Gasteiger partial charge is 0.253 e. The summed E-state index contributed by atoms with van der Waals surface area (Å²) in [6, 6.07) is 3.79. The first-order valence-corrected chi connectivity index (χ1v) is 10.3. The van der Waals surface area contributed by atoms with E-state index < -0.39 is 0 Å². The molecule has 2 amide bonds. The number of piperidine rings is 1. The van der Waals surface area contributed by atoms with Crippen LogP contribution in [0.25, 0.3) is 0 Å². The average molecular weight is 389 g/mol. The summed E-state index contributed by atoms with van der Waals surface area (Å²) in [7, 11) is 1.54. The van der Waals surface area contributed by atoms with Crippen molar-refractivity contribution in [2.24, 2.45) is 0 Å². The SMILES string of the molecule is COCC(=O)N1CCC(c2nc(C)ccc2C(=O)NCCN2CCCC2)CC1. The number of aromatic nitrogens is 1. The Morgan fingerprint density at radius 2 is 1.89 bits per heavy atom. The maximum absolute atomic E-state index is 12.8. The number of pyridine rings is 1. The number of aryl methyl sites for hydroxylation is 1. The molecule has 1 N–H and O–H groups in total. The number of carbonyl (C=O) groups excluding carboxylic acids is 2. The summed E-state index contributed by atoms with van der Waals surface area (Å²) in [6.07, 6.45) is 4.15. The number of nitrogens with one attached hydrogen (secondary N) is 1.